The molecule has 0 atom stereocenters. The fourth-order valence-corrected chi connectivity index (χ4v) is 2.75. The second-order valence-corrected chi connectivity index (χ2v) is 5.40. The number of nitrogens with zero attached hydrogens (tertiary/aromatic N) is 3. The molecule has 0 bridgehead atoms. The second kappa shape index (κ2) is 4.37. The van der Waals surface area contributed by atoms with Crippen molar-refractivity contribution in [3.8, 4) is 11.1 Å². The predicted octanol–water partition coefficient (Wildman–Crippen LogP) is 3.00. The van der Waals surface area contributed by atoms with E-state index in [1.54, 1.807) is 16.9 Å². The Morgan fingerprint density at radius 1 is 1.26 bits per heavy atom. The summed E-state index contributed by atoms with van der Waals surface area (Å²) in [6.07, 6.45) is 4.48. The number of aromatic nitrogens is 2. The van der Waals surface area contributed by atoms with Crippen LogP contribution in [0.4, 0.5) is 10.1 Å². The first-order valence-electron chi connectivity index (χ1n) is 6.64. The van der Waals surface area contributed by atoms with Crippen molar-refractivity contribution in [3.63, 3.8) is 0 Å². The molecule has 2 heterocycles. The van der Waals surface area contributed by atoms with Crippen molar-refractivity contribution < 1.29 is 4.39 Å². The molecular formula is C15H18FN3. The highest BCUT2D eigenvalue weighted by Gasteiger charge is 2.25. The molecule has 0 saturated heterocycles. The van der Waals surface area contributed by atoms with E-state index in [0.717, 1.165) is 35.3 Å². The van der Waals surface area contributed by atoms with E-state index in [1.807, 2.05) is 13.2 Å². The highest BCUT2D eigenvalue weighted by atomic mass is 19.1. The quantitative estimate of drug-likeness (QED) is 0.826. The molecule has 3 nitrogen and oxygen atoms in total. The minimum absolute atomic E-state index is 0.0977. The van der Waals surface area contributed by atoms with Gasteiger partial charge < -0.3 is 4.90 Å². The molecule has 0 spiro atoms. The van der Waals surface area contributed by atoms with Crippen LogP contribution >= 0.6 is 0 Å². The highest BCUT2D eigenvalue weighted by Crippen LogP contribution is 2.35. The number of aryl methyl sites for hydroxylation is 1. The van der Waals surface area contributed by atoms with Gasteiger partial charge in [0.1, 0.15) is 5.82 Å². The lowest BCUT2D eigenvalue weighted by molar-refractivity contribution is 0.616. The SMILES string of the molecule is CC(C)N1CCc2c(F)cc(-c3cnn(C)c3)cc21. The van der Waals surface area contributed by atoms with Crippen LogP contribution in [0.25, 0.3) is 11.1 Å². The van der Waals surface area contributed by atoms with Crippen LogP contribution in [0.2, 0.25) is 0 Å². The fourth-order valence-electron chi connectivity index (χ4n) is 2.75. The maximum Gasteiger partial charge on any atom is 0.129 e. The van der Waals surface area contributed by atoms with Crippen LogP contribution in [0.15, 0.2) is 24.5 Å². The standard InChI is InChI=1S/C15H18FN3/c1-10(2)19-5-4-13-14(16)6-11(7-15(13)19)12-8-17-18(3)9-12/h6-10H,4-5H2,1-3H3. The van der Waals surface area contributed by atoms with Gasteiger partial charge >= 0.3 is 0 Å². The molecule has 1 aromatic carbocycles. The van der Waals surface area contributed by atoms with E-state index in [-0.39, 0.29) is 5.82 Å². The van der Waals surface area contributed by atoms with E-state index in [9.17, 15) is 4.39 Å². The predicted molar refractivity (Wildman–Crippen MR) is 74.8 cm³/mol. The van der Waals surface area contributed by atoms with Gasteiger partial charge in [-0.2, -0.15) is 5.10 Å². The molecule has 4 heteroatoms. The van der Waals surface area contributed by atoms with Crippen LogP contribution < -0.4 is 4.90 Å². The Balaban J connectivity index is 2.10. The summed E-state index contributed by atoms with van der Waals surface area (Å²) in [5.74, 6) is -0.0977. The van der Waals surface area contributed by atoms with E-state index >= 15 is 0 Å². The third-order valence-corrected chi connectivity index (χ3v) is 3.75. The molecule has 0 aliphatic carbocycles. The molecule has 1 aliphatic rings. The molecule has 1 aromatic heterocycles. The summed E-state index contributed by atoms with van der Waals surface area (Å²) in [6, 6.07) is 4.10. The summed E-state index contributed by atoms with van der Waals surface area (Å²) in [6.45, 7) is 5.19. The Hall–Kier alpha value is -1.84. The number of anilines is 1. The van der Waals surface area contributed by atoms with Gasteiger partial charge in [0.25, 0.3) is 0 Å². The van der Waals surface area contributed by atoms with Crippen LogP contribution in [0.3, 0.4) is 0 Å². The fraction of sp³-hybridized carbons (Fsp3) is 0.400. The van der Waals surface area contributed by atoms with E-state index < -0.39 is 0 Å². The Morgan fingerprint density at radius 2 is 2.05 bits per heavy atom. The van der Waals surface area contributed by atoms with Crippen molar-refractivity contribution in [2.24, 2.45) is 7.05 Å². The van der Waals surface area contributed by atoms with Crippen molar-refractivity contribution in [3.05, 3.63) is 35.9 Å². The minimum Gasteiger partial charge on any atom is -0.368 e. The zero-order valence-corrected chi connectivity index (χ0v) is 11.5. The molecule has 0 saturated carbocycles. The Kier molecular flexibility index (Phi) is 2.81. The van der Waals surface area contributed by atoms with Crippen LogP contribution in [0.1, 0.15) is 19.4 Å². The number of hydrogen-bond donors (Lipinski definition) is 0. The first-order valence-corrected chi connectivity index (χ1v) is 6.64. The van der Waals surface area contributed by atoms with Gasteiger partial charge in [-0.15, -0.1) is 0 Å². The summed E-state index contributed by atoms with van der Waals surface area (Å²) in [7, 11) is 1.87. The van der Waals surface area contributed by atoms with E-state index in [0.29, 0.717) is 6.04 Å². The van der Waals surface area contributed by atoms with Crippen LogP contribution in [-0.4, -0.2) is 22.4 Å². The third kappa shape index (κ3) is 2.01. The number of rotatable bonds is 2. The van der Waals surface area contributed by atoms with E-state index in [2.05, 4.69) is 29.9 Å². The molecule has 0 N–H and O–H groups in total. The molecule has 0 amide bonds. The van der Waals surface area contributed by atoms with Crippen molar-refractivity contribution in [2.75, 3.05) is 11.4 Å². The first kappa shape index (κ1) is 12.2. The van der Waals surface area contributed by atoms with Crippen molar-refractivity contribution in [2.45, 2.75) is 26.3 Å². The van der Waals surface area contributed by atoms with Gasteiger partial charge in [-0.1, -0.05) is 0 Å². The third-order valence-electron chi connectivity index (χ3n) is 3.75. The topological polar surface area (TPSA) is 21.1 Å². The summed E-state index contributed by atoms with van der Waals surface area (Å²) >= 11 is 0. The van der Waals surface area contributed by atoms with Gasteiger partial charge in [-0.25, -0.2) is 4.39 Å². The lowest BCUT2D eigenvalue weighted by Crippen LogP contribution is -2.28. The first-order chi connectivity index (χ1) is 9.06. The van der Waals surface area contributed by atoms with Gasteiger partial charge in [-0.05, 0) is 38.0 Å². The molecule has 0 unspecified atom stereocenters. The van der Waals surface area contributed by atoms with Gasteiger partial charge in [-0.3, -0.25) is 4.68 Å². The average molecular weight is 259 g/mol. The van der Waals surface area contributed by atoms with Crippen LogP contribution in [0, 0.1) is 5.82 Å². The Morgan fingerprint density at radius 3 is 2.68 bits per heavy atom. The minimum atomic E-state index is -0.0977. The smallest absolute Gasteiger partial charge is 0.129 e. The molecule has 19 heavy (non-hydrogen) atoms. The normalized spacial score (nSPS) is 14.3. The maximum absolute atomic E-state index is 14.2. The number of hydrogen-bond acceptors (Lipinski definition) is 2. The van der Waals surface area contributed by atoms with Crippen molar-refractivity contribution in [1.82, 2.24) is 9.78 Å². The largest absolute Gasteiger partial charge is 0.368 e. The molecule has 0 fully saturated rings. The highest BCUT2D eigenvalue weighted by molar-refractivity contribution is 5.72. The molecule has 1 aliphatic heterocycles. The molecule has 3 rings (SSSR count). The molecule has 2 aromatic rings. The molecule has 100 valence electrons. The van der Waals surface area contributed by atoms with Crippen molar-refractivity contribution >= 4 is 5.69 Å². The van der Waals surface area contributed by atoms with Gasteiger partial charge in [0.05, 0.1) is 6.20 Å². The number of halogens is 1. The van der Waals surface area contributed by atoms with Crippen LogP contribution in [-0.2, 0) is 13.5 Å². The number of fused-ring (bicyclic) bond motifs is 1. The molecule has 0 radical (unpaired) electrons. The summed E-state index contributed by atoms with van der Waals surface area (Å²) in [5.41, 5.74) is 3.74. The lowest BCUT2D eigenvalue weighted by atomic mass is 10.0. The Bertz CT molecular complexity index is 616. The summed E-state index contributed by atoms with van der Waals surface area (Å²) in [5, 5.41) is 4.15. The zero-order valence-electron chi connectivity index (χ0n) is 11.5. The second-order valence-electron chi connectivity index (χ2n) is 5.40. The summed E-state index contributed by atoms with van der Waals surface area (Å²) < 4.78 is 16.0. The zero-order chi connectivity index (χ0) is 13.6. The monoisotopic (exact) mass is 259 g/mol. The lowest BCUT2D eigenvalue weighted by Gasteiger charge is -2.24. The van der Waals surface area contributed by atoms with Gasteiger partial charge in [0.2, 0.25) is 0 Å². The van der Waals surface area contributed by atoms with Crippen molar-refractivity contribution in [1.29, 1.82) is 0 Å². The number of benzene rings is 1. The van der Waals surface area contributed by atoms with Gasteiger partial charge in [0.15, 0.2) is 0 Å². The average Bonchev–Trinajstić information content (AvgIpc) is 2.94. The van der Waals surface area contributed by atoms with Crippen LogP contribution in [0.5, 0.6) is 0 Å². The van der Waals surface area contributed by atoms with E-state index in [4.69, 9.17) is 0 Å². The summed E-state index contributed by atoms with van der Waals surface area (Å²) in [4.78, 5) is 2.26. The van der Waals surface area contributed by atoms with Gasteiger partial charge in [0, 0.05) is 42.6 Å². The maximum atomic E-state index is 14.2. The Labute approximate surface area is 112 Å². The van der Waals surface area contributed by atoms with E-state index in [1.165, 1.54) is 0 Å². The molecular weight excluding hydrogens is 241 g/mol.